The van der Waals surface area contributed by atoms with E-state index in [1.165, 1.54) is 5.69 Å². The van der Waals surface area contributed by atoms with E-state index in [2.05, 4.69) is 58.0 Å². The number of nitrogens with zero attached hydrogens (tertiary/aromatic N) is 3. The highest BCUT2D eigenvalue weighted by Gasteiger charge is 2.08. The molecule has 20 heavy (non-hydrogen) atoms. The van der Waals surface area contributed by atoms with E-state index in [1.807, 2.05) is 25.5 Å². The van der Waals surface area contributed by atoms with Crippen molar-refractivity contribution >= 4 is 5.69 Å². The standard InChI is InChI=1S/C16H24N4/c1-14(16-18-11-13-20(16)3)17-10-7-12-19(2)15-8-5-4-6-9-15/h4-6,8-9,11,13-14,17H,7,10,12H2,1-3H3. The summed E-state index contributed by atoms with van der Waals surface area (Å²) in [5.74, 6) is 1.08. The quantitative estimate of drug-likeness (QED) is 0.787. The van der Waals surface area contributed by atoms with Crippen molar-refractivity contribution < 1.29 is 0 Å². The molecule has 0 saturated carbocycles. The Hall–Kier alpha value is -1.81. The molecule has 0 saturated heterocycles. The first-order chi connectivity index (χ1) is 9.68. The Morgan fingerprint density at radius 2 is 2.05 bits per heavy atom. The van der Waals surface area contributed by atoms with Gasteiger partial charge in [-0.05, 0) is 32.0 Å². The third kappa shape index (κ3) is 3.84. The molecule has 1 aromatic heterocycles. The molecule has 1 unspecified atom stereocenters. The van der Waals surface area contributed by atoms with Crippen LogP contribution in [-0.2, 0) is 7.05 Å². The van der Waals surface area contributed by atoms with Crippen molar-refractivity contribution in [2.45, 2.75) is 19.4 Å². The molecule has 4 heteroatoms. The molecule has 0 amide bonds. The molecule has 1 heterocycles. The van der Waals surface area contributed by atoms with E-state index in [9.17, 15) is 0 Å². The molecule has 0 fully saturated rings. The molecule has 0 aliphatic heterocycles. The Bertz CT molecular complexity index is 506. The van der Waals surface area contributed by atoms with Crippen molar-refractivity contribution in [3.8, 4) is 0 Å². The lowest BCUT2D eigenvalue weighted by Crippen LogP contribution is -2.26. The number of aryl methyl sites for hydroxylation is 1. The van der Waals surface area contributed by atoms with Gasteiger partial charge in [0.15, 0.2) is 0 Å². The predicted molar refractivity (Wildman–Crippen MR) is 84.0 cm³/mol. The molecule has 0 aliphatic carbocycles. The predicted octanol–water partition coefficient (Wildman–Crippen LogP) is 2.60. The van der Waals surface area contributed by atoms with Gasteiger partial charge in [-0.15, -0.1) is 0 Å². The average molecular weight is 272 g/mol. The van der Waals surface area contributed by atoms with Crippen LogP contribution < -0.4 is 10.2 Å². The van der Waals surface area contributed by atoms with E-state index < -0.39 is 0 Å². The van der Waals surface area contributed by atoms with E-state index in [0.29, 0.717) is 0 Å². The molecule has 1 aromatic carbocycles. The number of benzene rings is 1. The van der Waals surface area contributed by atoms with Gasteiger partial charge in [0.25, 0.3) is 0 Å². The van der Waals surface area contributed by atoms with Crippen LogP contribution in [0.3, 0.4) is 0 Å². The number of hydrogen-bond donors (Lipinski definition) is 1. The lowest BCUT2D eigenvalue weighted by molar-refractivity contribution is 0.521. The maximum absolute atomic E-state index is 4.37. The van der Waals surface area contributed by atoms with Crippen molar-refractivity contribution in [3.05, 3.63) is 48.5 Å². The first kappa shape index (κ1) is 14.6. The van der Waals surface area contributed by atoms with Gasteiger partial charge < -0.3 is 14.8 Å². The van der Waals surface area contributed by atoms with Gasteiger partial charge in [-0.25, -0.2) is 4.98 Å². The summed E-state index contributed by atoms with van der Waals surface area (Å²) in [5, 5.41) is 3.52. The SMILES string of the molecule is CC(NCCCN(C)c1ccccc1)c1nccn1C. The maximum Gasteiger partial charge on any atom is 0.125 e. The number of para-hydroxylation sites is 1. The molecule has 0 bridgehead atoms. The summed E-state index contributed by atoms with van der Waals surface area (Å²) in [6.45, 7) is 4.19. The normalized spacial score (nSPS) is 12.3. The zero-order valence-electron chi connectivity index (χ0n) is 12.6. The van der Waals surface area contributed by atoms with Crippen LogP contribution in [0.1, 0.15) is 25.2 Å². The third-order valence-corrected chi connectivity index (χ3v) is 3.56. The highest BCUT2D eigenvalue weighted by Crippen LogP contribution is 2.11. The average Bonchev–Trinajstić information content (AvgIpc) is 2.90. The maximum atomic E-state index is 4.37. The minimum absolute atomic E-state index is 0.289. The van der Waals surface area contributed by atoms with E-state index >= 15 is 0 Å². The van der Waals surface area contributed by atoms with Crippen molar-refractivity contribution in [2.24, 2.45) is 7.05 Å². The summed E-state index contributed by atoms with van der Waals surface area (Å²) in [7, 11) is 4.17. The molecule has 2 rings (SSSR count). The second kappa shape index (κ2) is 7.10. The highest BCUT2D eigenvalue weighted by atomic mass is 15.1. The summed E-state index contributed by atoms with van der Waals surface area (Å²) in [6, 6.07) is 10.8. The number of hydrogen-bond acceptors (Lipinski definition) is 3. The summed E-state index contributed by atoms with van der Waals surface area (Å²) in [5.41, 5.74) is 1.27. The van der Waals surface area contributed by atoms with Crippen molar-refractivity contribution in [2.75, 3.05) is 25.0 Å². The Labute approximate surface area is 121 Å². The van der Waals surface area contributed by atoms with Gasteiger partial charge in [-0.2, -0.15) is 0 Å². The first-order valence-corrected chi connectivity index (χ1v) is 7.15. The Morgan fingerprint density at radius 3 is 2.70 bits per heavy atom. The number of aromatic nitrogens is 2. The van der Waals surface area contributed by atoms with Crippen molar-refractivity contribution in [1.29, 1.82) is 0 Å². The molecule has 1 N–H and O–H groups in total. The summed E-state index contributed by atoms with van der Waals surface area (Å²) >= 11 is 0. The van der Waals surface area contributed by atoms with Crippen molar-refractivity contribution in [1.82, 2.24) is 14.9 Å². The van der Waals surface area contributed by atoms with Crippen LogP contribution >= 0.6 is 0 Å². The molecule has 108 valence electrons. The van der Waals surface area contributed by atoms with Crippen LogP contribution in [0.2, 0.25) is 0 Å². The third-order valence-electron chi connectivity index (χ3n) is 3.56. The fourth-order valence-corrected chi connectivity index (χ4v) is 2.33. The summed E-state index contributed by atoms with van der Waals surface area (Å²) < 4.78 is 2.06. The molecular formula is C16H24N4. The lowest BCUT2D eigenvalue weighted by atomic mass is 10.2. The second-order valence-electron chi connectivity index (χ2n) is 5.18. The van der Waals surface area contributed by atoms with E-state index in [-0.39, 0.29) is 6.04 Å². The number of anilines is 1. The van der Waals surface area contributed by atoms with Gasteiger partial charge in [0.2, 0.25) is 0 Å². The number of imidazole rings is 1. The smallest absolute Gasteiger partial charge is 0.125 e. The number of rotatable bonds is 7. The van der Waals surface area contributed by atoms with Crippen LogP contribution in [0.5, 0.6) is 0 Å². The zero-order chi connectivity index (χ0) is 14.4. The zero-order valence-corrected chi connectivity index (χ0v) is 12.6. The molecule has 4 nitrogen and oxygen atoms in total. The minimum atomic E-state index is 0.289. The molecule has 1 atom stereocenters. The summed E-state index contributed by atoms with van der Waals surface area (Å²) in [4.78, 5) is 6.65. The number of nitrogens with one attached hydrogen (secondary N) is 1. The van der Waals surface area contributed by atoms with Gasteiger partial charge in [0.1, 0.15) is 5.82 Å². The second-order valence-corrected chi connectivity index (χ2v) is 5.18. The van der Waals surface area contributed by atoms with Gasteiger partial charge in [0, 0.05) is 38.7 Å². The topological polar surface area (TPSA) is 33.1 Å². The molecule has 0 radical (unpaired) electrons. The molecular weight excluding hydrogens is 248 g/mol. The van der Waals surface area contributed by atoms with Crippen molar-refractivity contribution in [3.63, 3.8) is 0 Å². The molecule has 0 aliphatic rings. The summed E-state index contributed by atoms with van der Waals surface area (Å²) in [6.07, 6.45) is 4.94. The van der Waals surface area contributed by atoms with Crippen LogP contribution in [0.4, 0.5) is 5.69 Å². The van der Waals surface area contributed by atoms with Gasteiger partial charge in [-0.3, -0.25) is 0 Å². The van der Waals surface area contributed by atoms with Crippen LogP contribution in [0, 0.1) is 0 Å². The van der Waals surface area contributed by atoms with Gasteiger partial charge >= 0.3 is 0 Å². The Morgan fingerprint density at radius 1 is 1.30 bits per heavy atom. The van der Waals surface area contributed by atoms with E-state index in [1.54, 1.807) is 0 Å². The first-order valence-electron chi connectivity index (χ1n) is 7.15. The Balaban J connectivity index is 1.70. The molecule has 2 aromatic rings. The van der Waals surface area contributed by atoms with Crippen LogP contribution in [-0.4, -0.2) is 29.7 Å². The van der Waals surface area contributed by atoms with E-state index in [0.717, 1.165) is 25.3 Å². The van der Waals surface area contributed by atoms with Crippen LogP contribution in [0.25, 0.3) is 0 Å². The van der Waals surface area contributed by atoms with Crippen LogP contribution in [0.15, 0.2) is 42.7 Å². The van der Waals surface area contributed by atoms with Gasteiger partial charge in [0.05, 0.1) is 6.04 Å². The largest absolute Gasteiger partial charge is 0.375 e. The van der Waals surface area contributed by atoms with Gasteiger partial charge in [-0.1, -0.05) is 18.2 Å². The highest BCUT2D eigenvalue weighted by molar-refractivity contribution is 5.44. The monoisotopic (exact) mass is 272 g/mol. The molecule has 0 spiro atoms. The Kier molecular flexibility index (Phi) is 5.18. The van der Waals surface area contributed by atoms with E-state index in [4.69, 9.17) is 0 Å². The fourth-order valence-electron chi connectivity index (χ4n) is 2.33. The lowest BCUT2D eigenvalue weighted by Gasteiger charge is -2.20. The minimum Gasteiger partial charge on any atom is -0.375 e. The fraction of sp³-hybridized carbons (Fsp3) is 0.438.